The van der Waals surface area contributed by atoms with E-state index in [2.05, 4.69) is 22.3 Å². The van der Waals surface area contributed by atoms with Crippen LogP contribution >= 0.6 is 0 Å². The summed E-state index contributed by atoms with van der Waals surface area (Å²) in [4.78, 5) is 28.7. The Morgan fingerprint density at radius 1 is 0.964 bits per heavy atom. The van der Waals surface area contributed by atoms with Crippen LogP contribution in [0.25, 0.3) is 0 Å². The molecule has 3 rings (SSSR count). The number of amides is 2. The highest BCUT2D eigenvalue weighted by Crippen LogP contribution is 2.17. The third-order valence-electron chi connectivity index (χ3n) is 4.59. The lowest BCUT2D eigenvalue weighted by Crippen LogP contribution is -2.51. The average Bonchev–Trinajstić information content (AvgIpc) is 2.70. The molecule has 0 atom stereocenters. The first-order valence-corrected chi connectivity index (χ1v) is 9.64. The molecule has 0 radical (unpaired) electrons. The number of hydrogen-bond acceptors (Lipinski definition) is 4. The number of anilines is 1. The molecule has 1 aliphatic rings. The van der Waals surface area contributed by atoms with Crippen molar-refractivity contribution in [1.82, 2.24) is 9.80 Å². The van der Waals surface area contributed by atoms with Gasteiger partial charge in [-0.25, -0.2) is 0 Å². The summed E-state index contributed by atoms with van der Waals surface area (Å²) < 4.78 is 5.58. The van der Waals surface area contributed by atoms with E-state index in [-0.39, 0.29) is 6.10 Å². The number of nitrogens with zero attached hydrogens (tertiary/aromatic N) is 2. The maximum atomic E-state index is 12.5. The van der Waals surface area contributed by atoms with Crippen molar-refractivity contribution in [3.63, 3.8) is 0 Å². The Kier molecular flexibility index (Phi) is 6.66. The predicted molar refractivity (Wildman–Crippen MR) is 109 cm³/mol. The van der Waals surface area contributed by atoms with E-state index >= 15 is 0 Å². The minimum absolute atomic E-state index is 0.0857. The maximum absolute atomic E-state index is 12.5. The summed E-state index contributed by atoms with van der Waals surface area (Å²) in [6.45, 7) is 7.40. The van der Waals surface area contributed by atoms with E-state index in [4.69, 9.17) is 4.74 Å². The van der Waals surface area contributed by atoms with Crippen LogP contribution < -0.4 is 10.1 Å². The lowest BCUT2D eigenvalue weighted by molar-refractivity contribution is -0.144. The molecule has 148 valence electrons. The highest BCUT2D eigenvalue weighted by atomic mass is 16.5. The van der Waals surface area contributed by atoms with E-state index in [0.717, 1.165) is 25.4 Å². The van der Waals surface area contributed by atoms with Gasteiger partial charge in [0.1, 0.15) is 5.75 Å². The highest BCUT2D eigenvalue weighted by molar-refractivity contribution is 6.39. The van der Waals surface area contributed by atoms with Crippen molar-refractivity contribution in [2.45, 2.75) is 26.5 Å². The number of piperazine rings is 1. The van der Waals surface area contributed by atoms with Crippen molar-refractivity contribution in [3.05, 3.63) is 60.2 Å². The Balaban J connectivity index is 1.47. The Morgan fingerprint density at radius 3 is 2.21 bits per heavy atom. The molecule has 0 aliphatic carbocycles. The molecule has 0 spiro atoms. The molecule has 0 unspecified atom stereocenters. The largest absolute Gasteiger partial charge is 0.491 e. The molecule has 0 aromatic heterocycles. The topological polar surface area (TPSA) is 61.9 Å². The minimum atomic E-state index is -0.603. The summed E-state index contributed by atoms with van der Waals surface area (Å²) in [5.74, 6) is -0.357. The van der Waals surface area contributed by atoms with E-state index < -0.39 is 11.8 Å². The number of carbonyl (C=O) groups excluding carboxylic acids is 2. The van der Waals surface area contributed by atoms with E-state index in [1.807, 2.05) is 32.0 Å². The fourth-order valence-electron chi connectivity index (χ4n) is 3.17. The van der Waals surface area contributed by atoms with Gasteiger partial charge >= 0.3 is 11.8 Å². The van der Waals surface area contributed by atoms with Gasteiger partial charge in [-0.1, -0.05) is 30.3 Å². The van der Waals surface area contributed by atoms with Gasteiger partial charge in [0.15, 0.2) is 0 Å². The smallest absolute Gasteiger partial charge is 0.313 e. The molecule has 6 nitrogen and oxygen atoms in total. The monoisotopic (exact) mass is 381 g/mol. The van der Waals surface area contributed by atoms with Crippen LogP contribution in [0.2, 0.25) is 0 Å². The van der Waals surface area contributed by atoms with Gasteiger partial charge in [-0.3, -0.25) is 14.5 Å². The van der Waals surface area contributed by atoms with Crippen molar-refractivity contribution in [2.75, 3.05) is 31.5 Å². The third kappa shape index (κ3) is 5.57. The summed E-state index contributed by atoms with van der Waals surface area (Å²) in [6.07, 6.45) is 0.0857. The van der Waals surface area contributed by atoms with Crippen LogP contribution in [0.15, 0.2) is 54.6 Å². The number of nitrogens with one attached hydrogen (secondary N) is 1. The van der Waals surface area contributed by atoms with Gasteiger partial charge in [0.25, 0.3) is 0 Å². The van der Waals surface area contributed by atoms with Crippen molar-refractivity contribution in [1.29, 1.82) is 0 Å². The Morgan fingerprint density at radius 2 is 1.61 bits per heavy atom. The first-order valence-electron chi connectivity index (χ1n) is 9.64. The number of ether oxygens (including phenoxy) is 1. The standard InChI is InChI=1S/C22H27N3O3/c1-17(2)28-20-10-8-19(9-11-20)23-21(26)22(27)25-14-12-24(13-15-25)16-18-6-4-3-5-7-18/h3-11,17H,12-16H2,1-2H3,(H,23,26). The molecule has 2 aromatic carbocycles. The van der Waals surface area contributed by atoms with Crippen molar-refractivity contribution in [2.24, 2.45) is 0 Å². The highest BCUT2D eigenvalue weighted by Gasteiger charge is 2.26. The normalized spacial score (nSPS) is 14.8. The van der Waals surface area contributed by atoms with Gasteiger partial charge in [0, 0.05) is 38.4 Å². The van der Waals surface area contributed by atoms with Gasteiger partial charge < -0.3 is 15.0 Å². The van der Waals surface area contributed by atoms with Crippen LogP contribution in [0.3, 0.4) is 0 Å². The molecule has 2 aromatic rings. The summed E-state index contributed by atoms with van der Waals surface area (Å²) in [5, 5.41) is 2.67. The Hall–Kier alpha value is -2.86. The molecule has 28 heavy (non-hydrogen) atoms. The molecule has 6 heteroatoms. The minimum Gasteiger partial charge on any atom is -0.491 e. The molecule has 1 saturated heterocycles. The fourth-order valence-corrected chi connectivity index (χ4v) is 3.17. The van der Waals surface area contributed by atoms with Crippen LogP contribution in [0.4, 0.5) is 5.69 Å². The summed E-state index contributed by atoms with van der Waals surface area (Å²) in [7, 11) is 0. The van der Waals surface area contributed by atoms with Gasteiger partial charge in [-0.05, 0) is 43.7 Å². The van der Waals surface area contributed by atoms with Gasteiger partial charge in [0.05, 0.1) is 6.10 Å². The van der Waals surface area contributed by atoms with Crippen molar-refractivity contribution < 1.29 is 14.3 Å². The Bertz CT molecular complexity index is 782. The third-order valence-corrected chi connectivity index (χ3v) is 4.59. The summed E-state index contributed by atoms with van der Waals surface area (Å²) >= 11 is 0. The summed E-state index contributed by atoms with van der Waals surface area (Å²) in [6, 6.07) is 17.3. The lowest BCUT2D eigenvalue weighted by atomic mass is 10.2. The first-order chi connectivity index (χ1) is 13.5. The second-order valence-electron chi connectivity index (χ2n) is 7.20. The molecule has 2 amide bonds. The number of benzene rings is 2. The van der Waals surface area contributed by atoms with Gasteiger partial charge in [0.2, 0.25) is 0 Å². The van der Waals surface area contributed by atoms with Crippen LogP contribution in [-0.2, 0) is 16.1 Å². The van der Waals surface area contributed by atoms with Crippen molar-refractivity contribution in [3.8, 4) is 5.75 Å². The number of rotatable bonds is 5. The summed E-state index contributed by atoms with van der Waals surface area (Å²) in [5.41, 5.74) is 1.84. The molecular formula is C22H27N3O3. The lowest BCUT2D eigenvalue weighted by Gasteiger charge is -2.34. The second kappa shape index (κ2) is 9.37. The van der Waals surface area contributed by atoms with Crippen LogP contribution in [0.1, 0.15) is 19.4 Å². The van der Waals surface area contributed by atoms with Gasteiger partial charge in [-0.15, -0.1) is 0 Å². The molecule has 1 heterocycles. The van der Waals surface area contributed by atoms with E-state index in [1.165, 1.54) is 5.56 Å². The predicted octanol–water partition coefficient (Wildman–Crippen LogP) is 2.76. The average molecular weight is 381 g/mol. The van der Waals surface area contributed by atoms with Crippen LogP contribution in [0, 0.1) is 0 Å². The van der Waals surface area contributed by atoms with Crippen LogP contribution in [-0.4, -0.2) is 53.9 Å². The van der Waals surface area contributed by atoms with E-state index in [9.17, 15) is 9.59 Å². The SMILES string of the molecule is CC(C)Oc1ccc(NC(=O)C(=O)N2CCN(Cc3ccccc3)CC2)cc1. The van der Waals surface area contributed by atoms with Crippen molar-refractivity contribution >= 4 is 17.5 Å². The molecule has 1 aliphatic heterocycles. The zero-order valence-electron chi connectivity index (χ0n) is 16.4. The molecule has 1 fully saturated rings. The van der Waals surface area contributed by atoms with Crippen LogP contribution in [0.5, 0.6) is 5.75 Å². The molecule has 1 N–H and O–H groups in total. The molecule has 0 saturated carbocycles. The number of carbonyl (C=O) groups is 2. The quantitative estimate of drug-likeness (QED) is 0.809. The first kappa shape index (κ1) is 19.9. The Labute approximate surface area is 166 Å². The van der Waals surface area contributed by atoms with Gasteiger partial charge in [-0.2, -0.15) is 0 Å². The number of hydrogen-bond donors (Lipinski definition) is 1. The fraction of sp³-hybridized carbons (Fsp3) is 0.364. The zero-order chi connectivity index (χ0) is 19.9. The van der Waals surface area contributed by atoms with E-state index in [0.29, 0.717) is 18.8 Å². The molecule has 0 bridgehead atoms. The second-order valence-corrected chi connectivity index (χ2v) is 7.20. The van der Waals surface area contributed by atoms with E-state index in [1.54, 1.807) is 29.2 Å². The molecular weight excluding hydrogens is 354 g/mol. The zero-order valence-corrected chi connectivity index (χ0v) is 16.4. The maximum Gasteiger partial charge on any atom is 0.313 e.